The van der Waals surface area contributed by atoms with Crippen LogP contribution in [0.4, 0.5) is 21.9 Å². The molecule has 4 aromatic rings. The fourth-order valence-electron chi connectivity index (χ4n) is 3.23. The van der Waals surface area contributed by atoms with Crippen molar-refractivity contribution in [2.75, 3.05) is 16.0 Å². The summed E-state index contributed by atoms with van der Waals surface area (Å²) < 4.78 is 6.37. The van der Waals surface area contributed by atoms with Crippen LogP contribution in [0.2, 0.25) is 0 Å². The van der Waals surface area contributed by atoms with Gasteiger partial charge < -0.3 is 15.1 Å². The lowest BCUT2D eigenvalue weighted by Gasteiger charge is -2.15. The molecule has 31 heavy (non-hydrogen) atoms. The maximum Gasteiger partial charge on any atom is 0.362 e. The normalized spacial score (nSPS) is 10.6. The SMILES string of the molecule is Cc1cc(NC(=O)Nc2c(NCc3ccccc3)c3ccccc3oc2=O)ccc1Br. The van der Waals surface area contributed by atoms with Crippen LogP contribution in [0.25, 0.3) is 11.0 Å². The fraction of sp³-hybridized carbons (Fsp3) is 0.0833. The van der Waals surface area contributed by atoms with Crippen LogP contribution in [0.15, 0.2) is 86.5 Å². The van der Waals surface area contributed by atoms with E-state index in [1.54, 1.807) is 18.2 Å². The number of hydrogen-bond acceptors (Lipinski definition) is 4. The van der Waals surface area contributed by atoms with Gasteiger partial charge in [0.05, 0.1) is 5.69 Å². The first-order valence-electron chi connectivity index (χ1n) is 9.69. The Balaban J connectivity index is 1.65. The number of fused-ring (bicyclic) bond motifs is 1. The minimum atomic E-state index is -0.628. The van der Waals surface area contributed by atoms with Crippen molar-refractivity contribution < 1.29 is 9.21 Å². The third-order valence-corrected chi connectivity index (χ3v) is 5.67. The molecule has 0 bridgehead atoms. The first-order chi connectivity index (χ1) is 15.0. The third-order valence-electron chi connectivity index (χ3n) is 4.78. The van der Waals surface area contributed by atoms with E-state index in [1.165, 1.54) is 0 Å². The lowest BCUT2D eigenvalue weighted by Crippen LogP contribution is -2.24. The molecular formula is C24H20BrN3O3. The van der Waals surface area contributed by atoms with Crippen molar-refractivity contribution in [2.24, 2.45) is 0 Å². The Labute approximate surface area is 187 Å². The van der Waals surface area contributed by atoms with Crippen LogP contribution in [-0.2, 0) is 6.54 Å². The van der Waals surface area contributed by atoms with Crippen LogP contribution in [0, 0.1) is 6.92 Å². The lowest BCUT2D eigenvalue weighted by molar-refractivity contribution is 0.262. The molecule has 156 valence electrons. The molecule has 0 spiro atoms. The van der Waals surface area contributed by atoms with Crippen molar-refractivity contribution in [3.8, 4) is 0 Å². The summed E-state index contributed by atoms with van der Waals surface area (Å²) in [6.45, 7) is 2.41. The minimum absolute atomic E-state index is 0.0564. The number of carbonyl (C=O) groups excluding carboxylic acids is 1. The first kappa shape index (κ1) is 20.7. The molecule has 0 atom stereocenters. The van der Waals surface area contributed by atoms with Gasteiger partial charge in [0.2, 0.25) is 0 Å². The van der Waals surface area contributed by atoms with Crippen molar-refractivity contribution in [2.45, 2.75) is 13.5 Å². The molecule has 0 saturated heterocycles. The summed E-state index contributed by atoms with van der Waals surface area (Å²) in [4.78, 5) is 25.3. The molecule has 4 rings (SSSR count). The number of para-hydroxylation sites is 1. The zero-order chi connectivity index (χ0) is 21.8. The number of hydrogen-bond donors (Lipinski definition) is 3. The second kappa shape index (κ2) is 9.06. The molecular weight excluding hydrogens is 458 g/mol. The van der Waals surface area contributed by atoms with Crippen molar-refractivity contribution in [3.05, 3.63) is 98.8 Å². The van der Waals surface area contributed by atoms with Crippen molar-refractivity contribution in [1.82, 2.24) is 0 Å². The second-order valence-electron chi connectivity index (χ2n) is 7.02. The Morgan fingerprint density at radius 3 is 2.45 bits per heavy atom. The maximum absolute atomic E-state index is 12.7. The van der Waals surface area contributed by atoms with Gasteiger partial charge in [0.1, 0.15) is 5.58 Å². The number of benzene rings is 3. The summed E-state index contributed by atoms with van der Waals surface area (Å²) in [6, 6.07) is 21.9. The van der Waals surface area contributed by atoms with E-state index in [2.05, 4.69) is 31.9 Å². The highest BCUT2D eigenvalue weighted by Crippen LogP contribution is 2.29. The summed E-state index contributed by atoms with van der Waals surface area (Å²) in [6.07, 6.45) is 0. The molecule has 6 nitrogen and oxygen atoms in total. The zero-order valence-corrected chi connectivity index (χ0v) is 18.3. The number of amides is 2. The van der Waals surface area contributed by atoms with Crippen LogP contribution in [0.1, 0.15) is 11.1 Å². The van der Waals surface area contributed by atoms with Crippen molar-refractivity contribution in [3.63, 3.8) is 0 Å². The van der Waals surface area contributed by atoms with E-state index in [0.29, 0.717) is 28.9 Å². The monoisotopic (exact) mass is 477 g/mol. The number of halogens is 1. The van der Waals surface area contributed by atoms with E-state index in [1.807, 2.05) is 61.5 Å². The predicted molar refractivity (Wildman–Crippen MR) is 128 cm³/mol. The van der Waals surface area contributed by atoms with Gasteiger partial charge in [-0.3, -0.25) is 5.32 Å². The molecule has 0 fully saturated rings. The molecule has 1 aromatic heterocycles. The van der Waals surface area contributed by atoms with E-state index in [-0.39, 0.29) is 5.69 Å². The number of nitrogens with one attached hydrogen (secondary N) is 3. The summed E-state index contributed by atoms with van der Waals surface area (Å²) >= 11 is 3.44. The summed E-state index contributed by atoms with van der Waals surface area (Å²) in [5, 5.41) is 9.41. The van der Waals surface area contributed by atoms with Gasteiger partial charge in [0, 0.05) is 22.1 Å². The van der Waals surface area contributed by atoms with Crippen LogP contribution in [0.5, 0.6) is 0 Å². The van der Waals surface area contributed by atoms with E-state index in [0.717, 1.165) is 15.6 Å². The minimum Gasteiger partial charge on any atom is -0.421 e. The largest absolute Gasteiger partial charge is 0.421 e. The van der Waals surface area contributed by atoms with Gasteiger partial charge in [-0.2, -0.15) is 0 Å². The van der Waals surface area contributed by atoms with Crippen LogP contribution >= 0.6 is 15.9 Å². The average molecular weight is 478 g/mol. The van der Waals surface area contributed by atoms with Crippen LogP contribution in [-0.4, -0.2) is 6.03 Å². The Morgan fingerprint density at radius 2 is 1.68 bits per heavy atom. The van der Waals surface area contributed by atoms with Crippen LogP contribution in [0.3, 0.4) is 0 Å². The van der Waals surface area contributed by atoms with Crippen molar-refractivity contribution in [1.29, 1.82) is 0 Å². The molecule has 2 amide bonds. The van der Waals surface area contributed by atoms with Gasteiger partial charge in [-0.05, 0) is 48.4 Å². The van der Waals surface area contributed by atoms with E-state index >= 15 is 0 Å². The molecule has 0 saturated carbocycles. The van der Waals surface area contributed by atoms with E-state index < -0.39 is 11.7 Å². The Kier molecular flexibility index (Phi) is 6.04. The summed E-state index contributed by atoms with van der Waals surface area (Å²) in [5.41, 5.74) is 3.02. The third kappa shape index (κ3) is 4.78. The van der Waals surface area contributed by atoms with Crippen molar-refractivity contribution >= 4 is 50.0 Å². The molecule has 0 unspecified atom stereocenters. The molecule has 0 aliphatic carbocycles. The molecule has 0 aliphatic heterocycles. The molecule has 0 radical (unpaired) electrons. The summed E-state index contributed by atoms with van der Waals surface area (Å²) in [7, 11) is 0. The predicted octanol–water partition coefficient (Wildman–Crippen LogP) is 6.12. The highest BCUT2D eigenvalue weighted by molar-refractivity contribution is 9.10. The fourth-order valence-corrected chi connectivity index (χ4v) is 3.48. The van der Waals surface area contributed by atoms with Gasteiger partial charge >= 0.3 is 11.7 Å². The van der Waals surface area contributed by atoms with Gasteiger partial charge in [0.15, 0.2) is 5.69 Å². The Bertz CT molecular complexity index is 1300. The molecule has 3 N–H and O–H groups in total. The van der Waals surface area contributed by atoms with Crippen LogP contribution < -0.4 is 21.6 Å². The molecule has 3 aromatic carbocycles. The highest BCUT2D eigenvalue weighted by atomic mass is 79.9. The van der Waals surface area contributed by atoms with Gasteiger partial charge in [0.25, 0.3) is 0 Å². The molecule has 7 heteroatoms. The topological polar surface area (TPSA) is 83.4 Å². The molecule has 1 heterocycles. The number of anilines is 3. The smallest absolute Gasteiger partial charge is 0.362 e. The average Bonchev–Trinajstić information content (AvgIpc) is 2.77. The standard InChI is InChI=1S/C24H20BrN3O3/c1-15-13-17(11-12-19(15)25)27-24(30)28-22-21(26-14-16-7-3-2-4-8-16)18-9-5-6-10-20(18)31-23(22)29/h2-13,26H,14H2,1H3,(H2,27,28,30). The van der Waals surface area contributed by atoms with E-state index in [4.69, 9.17) is 4.42 Å². The maximum atomic E-state index is 12.7. The Hall–Kier alpha value is -3.58. The number of rotatable bonds is 5. The molecule has 0 aliphatic rings. The van der Waals surface area contributed by atoms with Gasteiger partial charge in [-0.1, -0.05) is 58.4 Å². The quantitative estimate of drug-likeness (QED) is 0.302. The number of carbonyl (C=O) groups is 1. The van der Waals surface area contributed by atoms with Gasteiger partial charge in [-0.15, -0.1) is 0 Å². The van der Waals surface area contributed by atoms with E-state index in [9.17, 15) is 9.59 Å². The zero-order valence-electron chi connectivity index (χ0n) is 16.7. The van der Waals surface area contributed by atoms with Gasteiger partial charge in [-0.25, -0.2) is 9.59 Å². The Morgan fingerprint density at radius 1 is 0.935 bits per heavy atom. The summed E-state index contributed by atoms with van der Waals surface area (Å²) in [5.74, 6) is 0. The number of aryl methyl sites for hydroxylation is 1. The first-order valence-corrected chi connectivity index (χ1v) is 10.5. The highest BCUT2D eigenvalue weighted by Gasteiger charge is 2.17. The lowest BCUT2D eigenvalue weighted by atomic mass is 10.1. The second-order valence-corrected chi connectivity index (χ2v) is 7.87. The number of urea groups is 1.